The summed E-state index contributed by atoms with van der Waals surface area (Å²) in [5.74, 6) is -0.697. The van der Waals surface area contributed by atoms with Crippen molar-refractivity contribution in [3.8, 4) is 0 Å². The highest BCUT2D eigenvalue weighted by molar-refractivity contribution is 5.76. The minimum absolute atomic E-state index is 0.0331. The molecular formula is C12H24N2O4. The molecule has 0 radical (unpaired) electrons. The van der Waals surface area contributed by atoms with Crippen molar-refractivity contribution in [2.24, 2.45) is 5.92 Å². The van der Waals surface area contributed by atoms with Crippen molar-refractivity contribution in [1.82, 2.24) is 10.6 Å². The number of carbonyl (C=O) groups excluding carboxylic acids is 1. The van der Waals surface area contributed by atoms with Crippen LogP contribution >= 0.6 is 0 Å². The van der Waals surface area contributed by atoms with Gasteiger partial charge in [0.15, 0.2) is 6.10 Å². The maximum Gasteiger partial charge on any atom is 0.334 e. The first kappa shape index (κ1) is 16.7. The molecule has 0 aliphatic rings. The highest BCUT2D eigenvalue weighted by Crippen LogP contribution is 2.07. The number of aliphatic hydroxyl groups is 1. The van der Waals surface area contributed by atoms with Crippen molar-refractivity contribution in [3.63, 3.8) is 0 Å². The highest BCUT2D eigenvalue weighted by atomic mass is 16.4. The third-order valence-electron chi connectivity index (χ3n) is 2.54. The molecule has 0 saturated carbocycles. The van der Waals surface area contributed by atoms with Crippen LogP contribution in [0.2, 0.25) is 0 Å². The van der Waals surface area contributed by atoms with Gasteiger partial charge in [-0.25, -0.2) is 9.59 Å². The Balaban J connectivity index is 3.70. The topological polar surface area (TPSA) is 98.7 Å². The largest absolute Gasteiger partial charge is 0.479 e. The molecule has 0 rings (SSSR count). The average molecular weight is 260 g/mol. The Hall–Kier alpha value is -1.30. The lowest BCUT2D eigenvalue weighted by Gasteiger charge is -2.15. The molecule has 6 heteroatoms. The van der Waals surface area contributed by atoms with Crippen LogP contribution in [0.1, 0.15) is 40.0 Å². The van der Waals surface area contributed by atoms with Gasteiger partial charge in [-0.2, -0.15) is 0 Å². The first-order chi connectivity index (χ1) is 8.32. The lowest BCUT2D eigenvalue weighted by molar-refractivity contribution is -0.146. The number of carbonyl (C=O) groups is 2. The van der Waals surface area contributed by atoms with Crippen molar-refractivity contribution in [1.29, 1.82) is 0 Å². The predicted molar refractivity (Wildman–Crippen MR) is 68.3 cm³/mol. The standard InChI is InChI=1S/C12H24N2O4/c1-8(2)5-4-6-9(3)14-12(18)13-7-10(15)11(16)17/h8-10,15H,4-7H2,1-3H3,(H,16,17)(H2,13,14,18). The number of carboxylic acids is 1. The first-order valence-corrected chi connectivity index (χ1v) is 6.28. The van der Waals surface area contributed by atoms with Crippen LogP contribution in [0.25, 0.3) is 0 Å². The monoisotopic (exact) mass is 260 g/mol. The van der Waals surface area contributed by atoms with E-state index in [1.165, 1.54) is 0 Å². The smallest absolute Gasteiger partial charge is 0.334 e. The van der Waals surface area contributed by atoms with Gasteiger partial charge in [-0.1, -0.05) is 26.7 Å². The summed E-state index contributed by atoms with van der Waals surface area (Å²) in [6.07, 6.45) is 1.47. The summed E-state index contributed by atoms with van der Waals surface area (Å²) in [4.78, 5) is 21.7. The van der Waals surface area contributed by atoms with Crippen molar-refractivity contribution in [3.05, 3.63) is 0 Å². The Morgan fingerprint density at radius 2 is 1.78 bits per heavy atom. The zero-order chi connectivity index (χ0) is 14.1. The van der Waals surface area contributed by atoms with Crippen LogP contribution in [0.3, 0.4) is 0 Å². The third-order valence-corrected chi connectivity index (χ3v) is 2.54. The molecule has 0 aromatic carbocycles. The van der Waals surface area contributed by atoms with E-state index in [4.69, 9.17) is 10.2 Å². The molecule has 6 nitrogen and oxygen atoms in total. The third kappa shape index (κ3) is 8.81. The summed E-state index contributed by atoms with van der Waals surface area (Å²) in [5.41, 5.74) is 0. The van der Waals surface area contributed by atoms with Crippen LogP contribution in [0.5, 0.6) is 0 Å². The number of rotatable bonds is 8. The summed E-state index contributed by atoms with van der Waals surface area (Å²) in [6.45, 7) is 5.91. The van der Waals surface area contributed by atoms with Gasteiger partial charge >= 0.3 is 12.0 Å². The number of aliphatic carboxylic acids is 1. The predicted octanol–water partition coefficient (Wildman–Crippen LogP) is 0.946. The molecule has 0 aliphatic carbocycles. The fraction of sp³-hybridized carbons (Fsp3) is 0.833. The normalized spacial score (nSPS) is 14.1. The maximum absolute atomic E-state index is 11.4. The van der Waals surface area contributed by atoms with Gasteiger partial charge in [-0.15, -0.1) is 0 Å². The number of hydrogen-bond donors (Lipinski definition) is 4. The van der Waals surface area contributed by atoms with Crippen molar-refractivity contribution in [2.75, 3.05) is 6.54 Å². The second kappa shape index (κ2) is 8.74. The molecule has 0 bridgehead atoms. The van der Waals surface area contributed by atoms with Crippen molar-refractivity contribution >= 4 is 12.0 Å². The molecule has 4 N–H and O–H groups in total. The van der Waals surface area contributed by atoms with Crippen molar-refractivity contribution < 1.29 is 19.8 Å². The highest BCUT2D eigenvalue weighted by Gasteiger charge is 2.14. The number of aliphatic hydroxyl groups excluding tert-OH is 1. The maximum atomic E-state index is 11.4. The van der Waals surface area contributed by atoms with Crippen LogP contribution in [0, 0.1) is 5.92 Å². The van der Waals surface area contributed by atoms with Crippen LogP contribution in [0.15, 0.2) is 0 Å². The van der Waals surface area contributed by atoms with Crippen LogP contribution in [0.4, 0.5) is 4.79 Å². The molecule has 2 unspecified atom stereocenters. The number of urea groups is 1. The molecule has 0 aromatic heterocycles. The van der Waals surface area contributed by atoms with Gasteiger partial charge in [0, 0.05) is 6.04 Å². The Kier molecular flexibility index (Phi) is 8.11. The summed E-state index contributed by atoms with van der Waals surface area (Å²) in [7, 11) is 0. The molecule has 2 amide bonds. The summed E-state index contributed by atoms with van der Waals surface area (Å²) >= 11 is 0. The van der Waals surface area contributed by atoms with E-state index in [9.17, 15) is 9.59 Å². The van der Waals surface area contributed by atoms with E-state index in [1.807, 2.05) is 6.92 Å². The fourth-order valence-corrected chi connectivity index (χ4v) is 1.46. The molecule has 2 atom stereocenters. The van der Waals surface area contributed by atoms with Crippen LogP contribution < -0.4 is 10.6 Å². The fourth-order valence-electron chi connectivity index (χ4n) is 1.46. The van der Waals surface area contributed by atoms with Gasteiger partial charge in [-0.05, 0) is 19.3 Å². The molecule has 0 aromatic rings. The molecule has 0 heterocycles. The van der Waals surface area contributed by atoms with Crippen LogP contribution in [-0.4, -0.2) is 40.9 Å². The van der Waals surface area contributed by atoms with Gasteiger partial charge in [0.2, 0.25) is 0 Å². The Morgan fingerprint density at radius 1 is 1.17 bits per heavy atom. The van der Waals surface area contributed by atoms with Crippen molar-refractivity contribution in [2.45, 2.75) is 52.2 Å². The van der Waals surface area contributed by atoms with E-state index < -0.39 is 18.1 Å². The van der Waals surface area contributed by atoms with E-state index in [-0.39, 0.29) is 12.6 Å². The molecule has 0 saturated heterocycles. The van der Waals surface area contributed by atoms with Gasteiger partial charge in [0.25, 0.3) is 0 Å². The van der Waals surface area contributed by atoms with E-state index in [2.05, 4.69) is 24.5 Å². The first-order valence-electron chi connectivity index (χ1n) is 6.28. The SMILES string of the molecule is CC(C)CCCC(C)NC(=O)NCC(O)C(=O)O. The second-order valence-corrected chi connectivity index (χ2v) is 4.93. The summed E-state index contributed by atoms with van der Waals surface area (Å²) in [6, 6.07) is -0.418. The van der Waals surface area contributed by atoms with Gasteiger partial charge in [0.1, 0.15) is 0 Å². The lowest BCUT2D eigenvalue weighted by atomic mass is 10.0. The molecule has 18 heavy (non-hydrogen) atoms. The minimum atomic E-state index is -1.56. The summed E-state index contributed by atoms with van der Waals surface area (Å²) < 4.78 is 0. The number of carboxylic acid groups (broad SMARTS) is 1. The number of nitrogens with one attached hydrogen (secondary N) is 2. The van der Waals surface area contributed by atoms with E-state index in [0.717, 1.165) is 19.3 Å². The zero-order valence-corrected chi connectivity index (χ0v) is 11.3. The molecule has 0 spiro atoms. The Labute approximate surface area is 108 Å². The zero-order valence-electron chi connectivity index (χ0n) is 11.3. The van der Waals surface area contributed by atoms with E-state index in [1.54, 1.807) is 0 Å². The molecule has 0 fully saturated rings. The van der Waals surface area contributed by atoms with E-state index >= 15 is 0 Å². The Morgan fingerprint density at radius 3 is 2.28 bits per heavy atom. The van der Waals surface area contributed by atoms with Crippen LogP contribution in [-0.2, 0) is 4.79 Å². The quantitative estimate of drug-likeness (QED) is 0.522. The van der Waals surface area contributed by atoms with E-state index in [0.29, 0.717) is 5.92 Å². The number of amides is 2. The number of hydrogen-bond acceptors (Lipinski definition) is 3. The van der Waals surface area contributed by atoms with Gasteiger partial charge in [-0.3, -0.25) is 0 Å². The van der Waals surface area contributed by atoms with Gasteiger partial charge in [0.05, 0.1) is 6.54 Å². The second-order valence-electron chi connectivity index (χ2n) is 4.93. The molecule has 0 aliphatic heterocycles. The summed E-state index contributed by atoms with van der Waals surface area (Å²) in [5, 5.41) is 22.4. The van der Waals surface area contributed by atoms with Gasteiger partial charge < -0.3 is 20.8 Å². The Bertz CT molecular complexity index is 269. The molecular weight excluding hydrogens is 236 g/mol. The average Bonchev–Trinajstić information content (AvgIpc) is 2.24. The molecule has 106 valence electrons. The lowest BCUT2D eigenvalue weighted by Crippen LogP contribution is -2.45. The minimum Gasteiger partial charge on any atom is -0.479 e.